The van der Waals surface area contributed by atoms with Gasteiger partial charge in [-0.1, -0.05) is 40.0 Å². The van der Waals surface area contributed by atoms with E-state index in [1.807, 2.05) is 0 Å². The quantitative estimate of drug-likeness (QED) is 0.630. The molecule has 0 heterocycles. The number of hydrogen-bond acceptors (Lipinski definition) is 1. The zero-order valence-corrected chi connectivity index (χ0v) is 8.14. The highest BCUT2D eigenvalue weighted by molar-refractivity contribution is 4.58. The van der Waals surface area contributed by atoms with Crippen molar-refractivity contribution in [2.75, 3.05) is 6.61 Å². The molecule has 0 aromatic heterocycles. The first kappa shape index (κ1) is 11.0. The fourth-order valence-corrected chi connectivity index (χ4v) is 1.43. The fourth-order valence-electron chi connectivity index (χ4n) is 1.43. The monoisotopic (exact) mass is 158 g/mol. The Morgan fingerprint density at radius 2 is 1.82 bits per heavy atom. The van der Waals surface area contributed by atoms with E-state index < -0.39 is 0 Å². The Hall–Kier alpha value is -0.0400. The summed E-state index contributed by atoms with van der Waals surface area (Å²) >= 11 is 0. The van der Waals surface area contributed by atoms with Gasteiger partial charge in [-0.05, 0) is 18.3 Å². The second-order valence-corrected chi connectivity index (χ2v) is 3.77. The Morgan fingerprint density at radius 3 is 2.27 bits per heavy atom. The molecule has 0 aliphatic heterocycles. The maximum Gasteiger partial charge on any atom is 0.0456 e. The van der Waals surface area contributed by atoms with Crippen molar-refractivity contribution in [3.63, 3.8) is 0 Å². The van der Waals surface area contributed by atoms with Crippen LogP contribution in [0.5, 0.6) is 0 Å². The predicted octanol–water partition coefficient (Wildman–Crippen LogP) is 2.83. The summed E-state index contributed by atoms with van der Waals surface area (Å²) in [4.78, 5) is 0. The van der Waals surface area contributed by atoms with Gasteiger partial charge in [0.25, 0.3) is 0 Å². The first-order chi connectivity index (χ1) is 5.20. The molecule has 68 valence electrons. The molecule has 0 aromatic carbocycles. The summed E-state index contributed by atoms with van der Waals surface area (Å²) in [6.45, 7) is 6.96. The van der Waals surface area contributed by atoms with Crippen molar-refractivity contribution in [1.29, 1.82) is 0 Å². The Kier molecular flexibility index (Phi) is 6.63. The highest BCUT2D eigenvalue weighted by Gasteiger charge is 2.06. The highest BCUT2D eigenvalue weighted by atomic mass is 16.3. The summed E-state index contributed by atoms with van der Waals surface area (Å²) in [5, 5.41) is 8.81. The van der Waals surface area contributed by atoms with Crippen LogP contribution < -0.4 is 0 Å². The maximum atomic E-state index is 8.81. The van der Waals surface area contributed by atoms with Gasteiger partial charge >= 0.3 is 0 Å². The van der Waals surface area contributed by atoms with E-state index in [9.17, 15) is 0 Å². The molecule has 0 saturated heterocycles. The molecule has 0 aliphatic rings. The van der Waals surface area contributed by atoms with Gasteiger partial charge in [-0.15, -0.1) is 0 Å². The lowest BCUT2D eigenvalue weighted by molar-refractivity contribution is 0.212. The second kappa shape index (κ2) is 6.66. The number of unbranched alkanes of at least 4 members (excludes halogenated alkanes) is 1. The number of aliphatic hydroxyl groups excluding tert-OH is 1. The molecule has 0 amide bonds. The summed E-state index contributed by atoms with van der Waals surface area (Å²) in [7, 11) is 0. The maximum absolute atomic E-state index is 8.81. The SMILES string of the molecule is CCCC[C@H](C)C[C@@H](C)CO. The zero-order chi connectivity index (χ0) is 8.69. The van der Waals surface area contributed by atoms with Gasteiger partial charge in [-0.2, -0.15) is 0 Å². The molecule has 1 heteroatoms. The van der Waals surface area contributed by atoms with Crippen LogP contribution in [-0.2, 0) is 0 Å². The van der Waals surface area contributed by atoms with Crippen LogP contribution in [0.4, 0.5) is 0 Å². The Morgan fingerprint density at radius 1 is 1.18 bits per heavy atom. The second-order valence-electron chi connectivity index (χ2n) is 3.77. The van der Waals surface area contributed by atoms with Crippen LogP contribution in [0.2, 0.25) is 0 Å². The molecule has 0 radical (unpaired) electrons. The molecule has 11 heavy (non-hydrogen) atoms. The third-order valence-corrected chi connectivity index (χ3v) is 2.17. The zero-order valence-electron chi connectivity index (χ0n) is 8.14. The molecule has 1 nitrogen and oxygen atoms in total. The van der Waals surface area contributed by atoms with Crippen molar-refractivity contribution < 1.29 is 5.11 Å². The largest absolute Gasteiger partial charge is 0.396 e. The lowest BCUT2D eigenvalue weighted by Crippen LogP contribution is -2.06. The van der Waals surface area contributed by atoms with E-state index in [1.54, 1.807) is 0 Å². The number of aliphatic hydroxyl groups is 1. The molecular weight excluding hydrogens is 136 g/mol. The van der Waals surface area contributed by atoms with Crippen LogP contribution in [0.1, 0.15) is 46.5 Å². The first-order valence-corrected chi connectivity index (χ1v) is 4.81. The van der Waals surface area contributed by atoms with E-state index in [0.717, 1.165) is 5.92 Å². The topological polar surface area (TPSA) is 20.2 Å². The van der Waals surface area contributed by atoms with Crippen LogP contribution in [0.15, 0.2) is 0 Å². The summed E-state index contributed by atoms with van der Waals surface area (Å²) < 4.78 is 0. The van der Waals surface area contributed by atoms with Gasteiger partial charge in [0.2, 0.25) is 0 Å². The molecule has 0 rings (SSSR count). The van der Waals surface area contributed by atoms with Gasteiger partial charge in [-0.25, -0.2) is 0 Å². The van der Waals surface area contributed by atoms with Crippen LogP contribution >= 0.6 is 0 Å². The van der Waals surface area contributed by atoms with Crippen molar-refractivity contribution in [3.8, 4) is 0 Å². The van der Waals surface area contributed by atoms with Crippen molar-refractivity contribution in [1.82, 2.24) is 0 Å². The Labute approximate surface area is 70.8 Å². The van der Waals surface area contributed by atoms with E-state index in [2.05, 4.69) is 20.8 Å². The Balaban J connectivity index is 3.27. The molecule has 0 aliphatic carbocycles. The minimum atomic E-state index is 0.344. The average molecular weight is 158 g/mol. The molecule has 0 spiro atoms. The lowest BCUT2D eigenvalue weighted by Gasteiger charge is -2.14. The number of hydrogen-bond donors (Lipinski definition) is 1. The van der Waals surface area contributed by atoms with Crippen molar-refractivity contribution in [2.45, 2.75) is 46.5 Å². The van der Waals surface area contributed by atoms with Gasteiger partial charge in [0.05, 0.1) is 0 Å². The van der Waals surface area contributed by atoms with E-state index in [1.165, 1.54) is 25.7 Å². The number of rotatable bonds is 6. The van der Waals surface area contributed by atoms with Crippen LogP contribution in [0.25, 0.3) is 0 Å². The Bertz CT molecular complexity index is 80.9. The molecule has 0 unspecified atom stereocenters. The molecule has 0 fully saturated rings. The smallest absolute Gasteiger partial charge is 0.0456 e. The van der Waals surface area contributed by atoms with Crippen LogP contribution in [0.3, 0.4) is 0 Å². The first-order valence-electron chi connectivity index (χ1n) is 4.81. The molecule has 1 N–H and O–H groups in total. The minimum Gasteiger partial charge on any atom is -0.396 e. The third-order valence-electron chi connectivity index (χ3n) is 2.17. The van der Waals surface area contributed by atoms with Crippen LogP contribution in [-0.4, -0.2) is 11.7 Å². The van der Waals surface area contributed by atoms with E-state index in [0.29, 0.717) is 12.5 Å². The molecule has 0 bridgehead atoms. The summed E-state index contributed by atoms with van der Waals surface area (Å²) in [5.41, 5.74) is 0. The van der Waals surface area contributed by atoms with E-state index in [4.69, 9.17) is 5.11 Å². The van der Waals surface area contributed by atoms with E-state index in [-0.39, 0.29) is 0 Å². The summed E-state index contributed by atoms with van der Waals surface area (Å²) in [6.07, 6.45) is 5.12. The third kappa shape index (κ3) is 6.36. The summed E-state index contributed by atoms with van der Waals surface area (Å²) in [5.74, 6) is 1.28. The fraction of sp³-hybridized carbons (Fsp3) is 1.00. The molecule has 2 atom stereocenters. The van der Waals surface area contributed by atoms with Gasteiger partial charge < -0.3 is 5.11 Å². The van der Waals surface area contributed by atoms with Crippen LogP contribution in [0, 0.1) is 11.8 Å². The van der Waals surface area contributed by atoms with Gasteiger partial charge in [0.15, 0.2) is 0 Å². The molecule has 0 saturated carbocycles. The summed E-state index contributed by atoms with van der Waals surface area (Å²) in [6, 6.07) is 0. The van der Waals surface area contributed by atoms with Gasteiger partial charge in [-0.3, -0.25) is 0 Å². The van der Waals surface area contributed by atoms with Gasteiger partial charge in [0, 0.05) is 6.61 Å². The lowest BCUT2D eigenvalue weighted by atomic mass is 9.94. The molecule has 0 aromatic rings. The van der Waals surface area contributed by atoms with Crippen molar-refractivity contribution in [3.05, 3.63) is 0 Å². The van der Waals surface area contributed by atoms with Crippen molar-refractivity contribution >= 4 is 0 Å². The van der Waals surface area contributed by atoms with E-state index >= 15 is 0 Å². The van der Waals surface area contributed by atoms with Crippen molar-refractivity contribution in [2.24, 2.45) is 11.8 Å². The highest BCUT2D eigenvalue weighted by Crippen LogP contribution is 2.16. The predicted molar refractivity (Wildman–Crippen MR) is 49.6 cm³/mol. The standard InChI is InChI=1S/C10H22O/c1-4-5-6-9(2)7-10(3)8-11/h9-11H,4-8H2,1-3H3/t9-,10+/m0/s1. The normalized spacial score (nSPS) is 16.4. The van der Waals surface area contributed by atoms with Gasteiger partial charge in [0.1, 0.15) is 0 Å². The minimum absolute atomic E-state index is 0.344. The average Bonchev–Trinajstić information content (AvgIpc) is 2.00. The molecular formula is C10H22O.